The molecular formula is C29H42O5. The largest absolute Gasteiger partial charge is 0.519 e. The normalized spacial score (nSPS) is 11.4. The first-order chi connectivity index (χ1) is 16.2. The second-order valence-corrected chi connectivity index (χ2v) is 9.80. The molecule has 34 heavy (non-hydrogen) atoms. The van der Waals surface area contributed by atoms with E-state index in [9.17, 15) is 4.79 Å². The summed E-state index contributed by atoms with van der Waals surface area (Å²) in [6, 6.07) is 8.07. The van der Waals surface area contributed by atoms with Crippen molar-refractivity contribution in [2.24, 2.45) is 0 Å². The van der Waals surface area contributed by atoms with Crippen LogP contribution in [-0.4, -0.2) is 29.6 Å². The summed E-state index contributed by atoms with van der Waals surface area (Å²) in [5.41, 5.74) is 6.37. The molecule has 0 atom stereocenters. The number of benzene rings is 2. The average Bonchev–Trinajstić information content (AvgIpc) is 2.72. The molecule has 2 rings (SSSR count). The molecule has 5 heteroatoms. The fourth-order valence-electron chi connectivity index (χ4n) is 4.62. The molecule has 2 aromatic rings. The van der Waals surface area contributed by atoms with Crippen LogP contribution in [0.4, 0.5) is 4.79 Å². The first kappa shape index (κ1) is 27.9. The maximum Gasteiger partial charge on any atom is 0.519 e. The van der Waals surface area contributed by atoms with Crippen molar-refractivity contribution in [2.75, 3.05) is 13.2 Å². The molecule has 5 nitrogen and oxygen atoms in total. The lowest BCUT2D eigenvalue weighted by Gasteiger charge is -2.21. The highest BCUT2D eigenvalue weighted by Gasteiger charge is 2.21. The third-order valence-electron chi connectivity index (χ3n) is 5.99. The van der Waals surface area contributed by atoms with Crippen molar-refractivity contribution in [3.8, 4) is 11.5 Å². The number of rotatable bonds is 12. The molecule has 0 radical (unpaired) electrons. The third-order valence-corrected chi connectivity index (χ3v) is 5.99. The van der Waals surface area contributed by atoms with E-state index in [4.69, 9.17) is 19.7 Å². The van der Waals surface area contributed by atoms with Crippen molar-refractivity contribution >= 4 is 6.16 Å². The number of aliphatic hydroxyl groups excluding tert-OH is 2. The van der Waals surface area contributed by atoms with Gasteiger partial charge in [0.1, 0.15) is 11.5 Å². The summed E-state index contributed by atoms with van der Waals surface area (Å²) in [6.45, 7) is 12.7. The van der Waals surface area contributed by atoms with Crippen LogP contribution in [0.3, 0.4) is 0 Å². The Bertz CT molecular complexity index is 871. The summed E-state index contributed by atoms with van der Waals surface area (Å²) in [4.78, 5) is 13.0. The Kier molecular flexibility index (Phi) is 11.1. The summed E-state index contributed by atoms with van der Waals surface area (Å²) < 4.78 is 11.6. The molecule has 0 aliphatic carbocycles. The molecule has 0 bridgehead atoms. The van der Waals surface area contributed by atoms with Crippen LogP contribution in [0.2, 0.25) is 0 Å². The molecule has 0 spiro atoms. The van der Waals surface area contributed by atoms with E-state index in [2.05, 4.69) is 39.8 Å². The van der Waals surface area contributed by atoms with Crippen LogP contribution in [0.15, 0.2) is 24.3 Å². The first-order valence-corrected chi connectivity index (χ1v) is 12.6. The zero-order valence-corrected chi connectivity index (χ0v) is 21.7. The van der Waals surface area contributed by atoms with Gasteiger partial charge in [-0.2, -0.15) is 0 Å². The Morgan fingerprint density at radius 1 is 0.706 bits per heavy atom. The van der Waals surface area contributed by atoms with Crippen molar-refractivity contribution in [1.29, 1.82) is 0 Å². The molecule has 0 heterocycles. The highest BCUT2D eigenvalue weighted by atomic mass is 16.7. The predicted molar refractivity (Wildman–Crippen MR) is 137 cm³/mol. The second kappa shape index (κ2) is 13.5. The highest BCUT2D eigenvalue weighted by Crippen LogP contribution is 2.35. The van der Waals surface area contributed by atoms with Gasteiger partial charge in [0.25, 0.3) is 0 Å². The lowest BCUT2D eigenvalue weighted by molar-refractivity contribution is 0.150. The fourth-order valence-corrected chi connectivity index (χ4v) is 4.62. The topological polar surface area (TPSA) is 76.0 Å². The lowest BCUT2D eigenvalue weighted by Crippen LogP contribution is -2.17. The van der Waals surface area contributed by atoms with Crippen LogP contribution in [0.25, 0.3) is 0 Å². The van der Waals surface area contributed by atoms with Gasteiger partial charge in [-0.05, 0) is 98.6 Å². The quantitative estimate of drug-likeness (QED) is 0.204. The summed E-state index contributed by atoms with van der Waals surface area (Å²) in [5, 5.41) is 18.3. The number of ether oxygens (including phenoxy) is 2. The Morgan fingerprint density at radius 3 is 1.41 bits per heavy atom. The summed E-state index contributed by atoms with van der Waals surface area (Å²) in [7, 11) is 0. The summed E-state index contributed by atoms with van der Waals surface area (Å²) >= 11 is 0. The number of hydrogen-bond donors (Lipinski definition) is 2. The van der Waals surface area contributed by atoms with Gasteiger partial charge in [0.15, 0.2) is 0 Å². The number of carbonyl (C=O) groups is 1. The van der Waals surface area contributed by atoms with E-state index in [-0.39, 0.29) is 25.0 Å². The van der Waals surface area contributed by atoms with Crippen LogP contribution < -0.4 is 9.47 Å². The molecule has 0 fully saturated rings. The minimum atomic E-state index is -0.734. The molecule has 188 valence electrons. The van der Waals surface area contributed by atoms with Crippen LogP contribution in [0.5, 0.6) is 11.5 Å². The standard InChI is InChI=1S/C29H42O5/c1-19(2)27-23(11-7-9-13-30)15-21(5)17-25(27)33-29(32)34-26-18-22(6)16-24(12-8-10-14-31)28(26)20(3)4/h15-20,30-31H,7-14H2,1-6H3. The van der Waals surface area contributed by atoms with Gasteiger partial charge in [0, 0.05) is 24.3 Å². The molecule has 0 unspecified atom stereocenters. The SMILES string of the molecule is Cc1cc(CCCCO)c(C(C)C)c(OC(=O)Oc2cc(C)cc(CCCCO)c2C(C)C)c1. The van der Waals surface area contributed by atoms with E-state index in [0.29, 0.717) is 11.5 Å². The molecule has 2 aromatic carbocycles. The van der Waals surface area contributed by atoms with Gasteiger partial charge < -0.3 is 19.7 Å². The van der Waals surface area contributed by atoms with Crippen molar-refractivity contribution in [3.63, 3.8) is 0 Å². The van der Waals surface area contributed by atoms with Gasteiger partial charge in [0.05, 0.1) is 0 Å². The summed E-state index contributed by atoms with van der Waals surface area (Å²) in [5.74, 6) is 1.44. The average molecular weight is 471 g/mol. The van der Waals surface area contributed by atoms with Gasteiger partial charge in [-0.25, -0.2) is 4.79 Å². The van der Waals surface area contributed by atoms with Gasteiger partial charge in [-0.3, -0.25) is 0 Å². The Hall–Kier alpha value is -2.37. The van der Waals surface area contributed by atoms with Crippen LogP contribution >= 0.6 is 0 Å². The van der Waals surface area contributed by atoms with Crippen LogP contribution in [0, 0.1) is 13.8 Å². The van der Waals surface area contributed by atoms with Crippen molar-refractivity contribution in [1.82, 2.24) is 0 Å². The smallest absolute Gasteiger partial charge is 0.396 e. The molecule has 0 saturated heterocycles. The molecule has 0 saturated carbocycles. The maximum atomic E-state index is 13.0. The van der Waals surface area contributed by atoms with Gasteiger partial charge in [-0.15, -0.1) is 0 Å². The summed E-state index contributed by atoms with van der Waals surface area (Å²) in [6.07, 6.45) is 4.17. The first-order valence-electron chi connectivity index (χ1n) is 12.6. The Labute approximate surface area is 205 Å². The highest BCUT2D eigenvalue weighted by molar-refractivity contribution is 5.69. The molecule has 0 aliphatic heterocycles. The number of aliphatic hydroxyl groups is 2. The molecule has 0 aliphatic rings. The van der Waals surface area contributed by atoms with Crippen LogP contribution in [0.1, 0.15) is 98.6 Å². The number of carbonyl (C=O) groups excluding carboxylic acids is 1. The number of unbranched alkanes of at least 4 members (excludes halogenated alkanes) is 2. The minimum Gasteiger partial charge on any atom is -0.396 e. The van der Waals surface area contributed by atoms with Gasteiger partial charge in [0.2, 0.25) is 0 Å². The second-order valence-electron chi connectivity index (χ2n) is 9.80. The monoisotopic (exact) mass is 470 g/mol. The Balaban J connectivity index is 2.33. The van der Waals surface area contributed by atoms with Gasteiger partial charge >= 0.3 is 6.16 Å². The third kappa shape index (κ3) is 7.85. The van der Waals surface area contributed by atoms with Gasteiger partial charge in [-0.1, -0.05) is 39.8 Å². The van der Waals surface area contributed by atoms with Crippen molar-refractivity contribution in [2.45, 2.75) is 91.9 Å². The lowest BCUT2D eigenvalue weighted by atomic mass is 9.91. The minimum absolute atomic E-state index is 0.176. The van der Waals surface area contributed by atoms with E-state index in [1.165, 1.54) is 0 Å². The predicted octanol–water partition coefficient (Wildman–Crippen LogP) is 6.76. The zero-order valence-electron chi connectivity index (χ0n) is 21.7. The van der Waals surface area contributed by atoms with E-state index in [1.807, 2.05) is 26.0 Å². The van der Waals surface area contributed by atoms with E-state index in [1.54, 1.807) is 0 Å². The fraction of sp³-hybridized carbons (Fsp3) is 0.552. The number of hydrogen-bond acceptors (Lipinski definition) is 5. The molecule has 0 amide bonds. The van der Waals surface area contributed by atoms with Crippen LogP contribution in [-0.2, 0) is 12.8 Å². The number of aryl methyl sites for hydroxylation is 4. The van der Waals surface area contributed by atoms with E-state index < -0.39 is 6.16 Å². The molecular weight excluding hydrogens is 428 g/mol. The Morgan fingerprint density at radius 2 is 1.09 bits per heavy atom. The molecule has 2 N–H and O–H groups in total. The van der Waals surface area contributed by atoms with E-state index >= 15 is 0 Å². The van der Waals surface area contributed by atoms with E-state index in [0.717, 1.165) is 71.9 Å². The molecule has 0 aromatic heterocycles. The maximum absolute atomic E-state index is 13.0. The van der Waals surface area contributed by atoms with Crippen molar-refractivity contribution < 1.29 is 24.5 Å². The van der Waals surface area contributed by atoms with Crippen molar-refractivity contribution in [3.05, 3.63) is 57.6 Å². The zero-order chi connectivity index (χ0) is 25.3.